The summed E-state index contributed by atoms with van der Waals surface area (Å²) in [5.74, 6) is 2.20. The lowest BCUT2D eigenvalue weighted by molar-refractivity contribution is 0.458. The molecule has 26 heavy (non-hydrogen) atoms. The van der Waals surface area contributed by atoms with Crippen LogP contribution >= 0.6 is 11.3 Å². The fourth-order valence-electron chi connectivity index (χ4n) is 3.55. The Kier molecular flexibility index (Phi) is 3.67. The molecular weight excluding hydrogens is 346 g/mol. The Morgan fingerprint density at radius 1 is 1.15 bits per heavy atom. The van der Waals surface area contributed by atoms with Gasteiger partial charge in [0, 0.05) is 11.9 Å². The molecule has 0 radical (unpaired) electrons. The maximum absolute atomic E-state index is 6.06. The molecule has 1 unspecified atom stereocenters. The molecule has 0 spiro atoms. The highest BCUT2D eigenvalue weighted by Gasteiger charge is 2.32. The van der Waals surface area contributed by atoms with Crippen LogP contribution in [0.25, 0.3) is 21.7 Å². The quantitative estimate of drug-likeness (QED) is 0.538. The first-order valence-corrected chi connectivity index (χ1v) is 9.53. The second-order valence-electron chi connectivity index (χ2n) is 6.44. The Hall–Kier alpha value is -2.80. The van der Waals surface area contributed by atoms with Crippen LogP contribution in [0.1, 0.15) is 30.3 Å². The van der Waals surface area contributed by atoms with E-state index >= 15 is 0 Å². The number of aromatic nitrogens is 4. The zero-order valence-electron chi connectivity index (χ0n) is 14.3. The molecule has 7 heteroatoms. The summed E-state index contributed by atoms with van der Waals surface area (Å²) >= 11 is 1.63. The van der Waals surface area contributed by atoms with Crippen molar-refractivity contribution in [2.75, 3.05) is 11.4 Å². The monoisotopic (exact) mass is 363 g/mol. The van der Waals surface area contributed by atoms with Gasteiger partial charge in [-0.05, 0) is 48.9 Å². The third kappa shape index (κ3) is 2.47. The molecule has 4 heterocycles. The summed E-state index contributed by atoms with van der Waals surface area (Å²) < 4.78 is 6.06. The third-order valence-electron chi connectivity index (χ3n) is 4.83. The Balaban J connectivity index is 1.53. The van der Waals surface area contributed by atoms with Crippen LogP contribution < -0.4 is 4.90 Å². The van der Waals surface area contributed by atoms with Crippen LogP contribution in [0.3, 0.4) is 0 Å². The first-order valence-electron chi connectivity index (χ1n) is 8.65. The number of fused-ring (bicyclic) bond motifs is 1. The van der Waals surface area contributed by atoms with Gasteiger partial charge in [0.15, 0.2) is 0 Å². The van der Waals surface area contributed by atoms with E-state index in [4.69, 9.17) is 4.42 Å². The molecule has 0 aliphatic carbocycles. The number of rotatable bonds is 3. The summed E-state index contributed by atoms with van der Waals surface area (Å²) in [7, 11) is 0. The van der Waals surface area contributed by atoms with Crippen molar-refractivity contribution in [2.24, 2.45) is 0 Å². The lowest BCUT2D eigenvalue weighted by atomic mass is 10.2. The fraction of sp³-hybridized carbons (Fsp3) is 0.263. The fourth-order valence-corrected chi connectivity index (χ4v) is 4.39. The van der Waals surface area contributed by atoms with Crippen molar-refractivity contribution in [1.82, 2.24) is 20.2 Å². The third-order valence-corrected chi connectivity index (χ3v) is 5.83. The average Bonchev–Trinajstić information content (AvgIpc) is 3.41. The summed E-state index contributed by atoms with van der Waals surface area (Å²) in [5, 5.41) is 11.7. The first-order chi connectivity index (χ1) is 12.8. The van der Waals surface area contributed by atoms with E-state index in [2.05, 4.69) is 44.1 Å². The van der Waals surface area contributed by atoms with E-state index < -0.39 is 0 Å². The minimum atomic E-state index is 0.0508. The number of thiophene rings is 1. The molecule has 1 aromatic carbocycles. The Bertz CT molecular complexity index is 1070. The molecule has 0 amide bonds. The van der Waals surface area contributed by atoms with Gasteiger partial charge < -0.3 is 9.32 Å². The summed E-state index contributed by atoms with van der Waals surface area (Å²) in [6.07, 6.45) is 3.67. The molecule has 1 aliphatic rings. The molecule has 5 rings (SSSR count). The van der Waals surface area contributed by atoms with Gasteiger partial charge in [-0.3, -0.25) is 0 Å². The zero-order chi connectivity index (χ0) is 17.5. The van der Waals surface area contributed by atoms with Crippen LogP contribution in [0, 0.1) is 6.92 Å². The second-order valence-corrected chi connectivity index (χ2v) is 7.36. The highest BCUT2D eigenvalue weighted by atomic mass is 32.1. The Morgan fingerprint density at radius 3 is 2.96 bits per heavy atom. The van der Waals surface area contributed by atoms with Gasteiger partial charge >= 0.3 is 0 Å². The van der Waals surface area contributed by atoms with E-state index in [-0.39, 0.29) is 6.04 Å². The van der Waals surface area contributed by atoms with Gasteiger partial charge in [-0.2, -0.15) is 0 Å². The molecule has 0 bridgehead atoms. The van der Waals surface area contributed by atoms with Gasteiger partial charge in [-0.15, -0.1) is 21.5 Å². The van der Waals surface area contributed by atoms with Gasteiger partial charge in [0.05, 0.1) is 10.4 Å². The van der Waals surface area contributed by atoms with E-state index in [1.165, 1.54) is 0 Å². The van der Waals surface area contributed by atoms with Crippen molar-refractivity contribution in [3.05, 3.63) is 53.5 Å². The molecule has 4 aromatic rings. The number of aryl methyl sites for hydroxylation is 1. The number of anilines is 1. The largest absolute Gasteiger partial charge is 0.418 e. The van der Waals surface area contributed by atoms with E-state index in [0.29, 0.717) is 11.8 Å². The predicted molar refractivity (Wildman–Crippen MR) is 101 cm³/mol. The lowest BCUT2D eigenvalue weighted by Crippen LogP contribution is -2.24. The highest BCUT2D eigenvalue weighted by Crippen LogP contribution is 2.38. The van der Waals surface area contributed by atoms with Crippen molar-refractivity contribution in [2.45, 2.75) is 25.8 Å². The molecule has 0 saturated carbocycles. The minimum absolute atomic E-state index is 0.0508. The second kappa shape index (κ2) is 6.17. The molecule has 1 aliphatic heterocycles. The predicted octanol–water partition coefficient (Wildman–Crippen LogP) is 4.39. The molecule has 130 valence electrons. The number of para-hydroxylation sites is 1. The molecule has 3 aromatic heterocycles. The van der Waals surface area contributed by atoms with Crippen LogP contribution in [0.5, 0.6) is 0 Å². The van der Waals surface area contributed by atoms with Crippen LogP contribution in [0.15, 0.2) is 46.5 Å². The summed E-state index contributed by atoms with van der Waals surface area (Å²) in [6, 6.07) is 10.2. The first kappa shape index (κ1) is 15.5. The number of hydrogen-bond acceptors (Lipinski definition) is 7. The van der Waals surface area contributed by atoms with Crippen LogP contribution in [0.4, 0.5) is 5.82 Å². The molecule has 1 fully saturated rings. The maximum atomic E-state index is 6.06. The van der Waals surface area contributed by atoms with Gasteiger partial charge in [0.2, 0.25) is 5.89 Å². The highest BCUT2D eigenvalue weighted by molar-refractivity contribution is 7.13. The number of hydrogen-bond donors (Lipinski definition) is 0. The summed E-state index contributed by atoms with van der Waals surface area (Å²) in [4.78, 5) is 12.2. The van der Waals surface area contributed by atoms with Crippen molar-refractivity contribution < 1.29 is 4.42 Å². The minimum Gasteiger partial charge on any atom is -0.418 e. The maximum Gasteiger partial charge on any atom is 0.258 e. The molecule has 1 saturated heterocycles. The molecule has 0 N–H and O–H groups in total. The standard InChI is InChI=1S/C19H17N5OS/c1-12-8-10-26-16(12)19-23-22-18(25-19)15-7-4-9-24(15)17-13-5-2-3-6-14(13)20-11-21-17/h2-3,5-6,8,10-11,15H,4,7,9H2,1H3. The molecular formula is C19H17N5OS. The normalized spacial score (nSPS) is 17.3. The van der Waals surface area contributed by atoms with Crippen molar-refractivity contribution in [1.29, 1.82) is 0 Å². The van der Waals surface area contributed by atoms with Gasteiger partial charge in [0.1, 0.15) is 18.2 Å². The Labute approximate surface area is 154 Å². The van der Waals surface area contributed by atoms with Crippen LogP contribution in [-0.2, 0) is 0 Å². The summed E-state index contributed by atoms with van der Waals surface area (Å²) in [6.45, 7) is 2.98. The number of nitrogens with zero attached hydrogens (tertiary/aromatic N) is 5. The van der Waals surface area contributed by atoms with Crippen LogP contribution in [-0.4, -0.2) is 26.7 Å². The van der Waals surface area contributed by atoms with E-state index in [0.717, 1.165) is 46.5 Å². The summed E-state index contributed by atoms with van der Waals surface area (Å²) in [5.41, 5.74) is 2.11. The average molecular weight is 363 g/mol. The topological polar surface area (TPSA) is 67.9 Å². The van der Waals surface area contributed by atoms with Crippen LogP contribution in [0.2, 0.25) is 0 Å². The lowest BCUT2D eigenvalue weighted by Gasteiger charge is -2.24. The van der Waals surface area contributed by atoms with E-state index in [1.807, 2.05) is 23.6 Å². The zero-order valence-corrected chi connectivity index (χ0v) is 15.1. The van der Waals surface area contributed by atoms with Gasteiger partial charge in [-0.25, -0.2) is 9.97 Å². The van der Waals surface area contributed by atoms with Gasteiger partial charge in [-0.1, -0.05) is 12.1 Å². The smallest absolute Gasteiger partial charge is 0.258 e. The molecule has 1 atom stereocenters. The van der Waals surface area contributed by atoms with Crippen molar-refractivity contribution in [3.8, 4) is 10.8 Å². The van der Waals surface area contributed by atoms with E-state index in [1.54, 1.807) is 17.7 Å². The van der Waals surface area contributed by atoms with E-state index in [9.17, 15) is 0 Å². The molecule has 6 nitrogen and oxygen atoms in total. The number of benzene rings is 1. The van der Waals surface area contributed by atoms with Crippen molar-refractivity contribution in [3.63, 3.8) is 0 Å². The van der Waals surface area contributed by atoms with Gasteiger partial charge in [0.25, 0.3) is 5.89 Å². The SMILES string of the molecule is Cc1ccsc1-c1nnc(C2CCCN2c2ncnc3ccccc23)o1. The van der Waals surface area contributed by atoms with Crippen molar-refractivity contribution >= 4 is 28.1 Å². The Morgan fingerprint density at radius 2 is 2.08 bits per heavy atom.